The van der Waals surface area contributed by atoms with Gasteiger partial charge < -0.3 is 10.6 Å². The van der Waals surface area contributed by atoms with Crippen molar-refractivity contribution in [3.8, 4) is 0 Å². The SMILES string of the molecule is CN(CCS(C)(=O)=O)CC1(N)CCC1. The molecule has 0 spiro atoms. The van der Waals surface area contributed by atoms with E-state index in [2.05, 4.69) is 0 Å². The minimum atomic E-state index is -2.85. The normalized spacial score (nSPS) is 20.9. The van der Waals surface area contributed by atoms with E-state index in [1.807, 2.05) is 11.9 Å². The molecule has 14 heavy (non-hydrogen) atoms. The van der Waals surface area contributed by atoms with Crippen molar-refractivity contribution in [1.29, 1.82) is 0 Å². The van der Waals surface area contributed by atoms with Gasteiger partial charge >= 0.3 is 0 Å². The molecule has 0 heterocycles. The standard InChI is InChI=1S/C9H20N2O2S/c1-11(6-7-14(2,12)13)8-9(10)4-3-5-9/h3-8,10H2,1-2H3. The molecule has 1 aliphatic carbocycles. The van der Waals surface area contributed by atoms with Crippen molar-refractivity contribution in [3.05, 3.63) is 0 Å². The summed E-state index contributed by atoms with van der Waals surface area (Å²) in [4.78, 5) is 2.01. The highest BCUT2D eigenvalue weighted by Crippen LogP contribution is 2.29. The molecular formula is C9H20N2O2S. The number of nitrogens with two attached hydrogens (primary N) is 1. The highest BCUT2D eigenvalue weighted by Gasteiger charge is 2.33. The van der Waals surface area contributed by atoms with Crippen LogP contribution in [0.1, 0.15) is 19.3 Å². The average Bonchev–Trinajstić information content (AvgIpc) is 1.97. The van der Waals surface area contributed by atoms with Crippen LogP contribution >= 0.6 is 0 Å². The monoisotopic (exact) mass is 220 g/mol. The van der Waals surface area contributed by atoms with Crippen molar-refractivity contribution in [1.82, 2.24) is 4.90 Å². The van der Waals surface area contributed by atoms with Crippen LogP contribution in [-0.2, 0) is 9.84 Å². The zero-order chi connectivity index (χ0) is 10.8. The second-order valence-corrected chi connectivity index (χ2v) is 6.84. The molecule has 0 aromatic rings. The van der Waals surface area contributed by atoms with Crippen LogP contribution in [0.4, 0.5) is 0 Å². The smallest absolute Gasteiger partial charge is 0.148 e. The molecule has 0 saturated heterocycles. The van der Waals surface area contributed by atoms with Crippen LogP contribution in [-0.4, -0.2) is 51.0 Å². The fourth-order valence-electron chi connectivity index (χ4n) is 1.73. The first kappa shape index (κ1) is 11.9. The molecular weight excluding hydrogens is 200 g/mol. The average molecular weight is 220 g/mol. The lowest BCUT2D eigenvalue weighted by Crippen LogP contribution is -2.54. The molecule has 0 aliphatic heterocycles. The Balaban J connectivity index is 2.25. The second-order valence-electron chi connectivity index (χ2n) is 4.58. The summed E-state index contributed by atoms with van der Waals surface area (Å²) in [5.41, 5.74) is 6.00. The fraction of sp³-hybridized carbons (Fsp3) is 1.00. The highest BCUT2D eigenvalue weighted by molar-refractivity contribution is 7.90. The number of hydrogen-bond acceptors (Lipinski definition) is 4. The Morgan fingerprint density at radius 1 is 1.43 bits per heavy atom. The minimum Gasteiger partial charge on any atom is -0.324 e. The lowest BCUT2D eigenvalue weighted by Gasteiger charge is -2.41. The van der Waals surface area contributed by atoms with Gasteiger partial charge in [0.2, 0.25) is 0 Å². The predicted octanol–water partition coefficient (Wildman–Crippen LogP) is -0.156. The summed E-state index contributed by atoms with van der Waals surface area (Å²) in [7, 11) is -0.917. The van der Waals surface area contributed by atoms with Gasteiger partial charge in [-0.1, -0.05) is 0 Å². The molecule has 2 N–H and O–H groups in total. The van der Waals surface area contributed by atoms with Gasteiger partial charge in [0.15, 0.2) is 0 Å². The summed E-state index contributed by atoms with van der Waals surface area (Å²) >= 11 is 0. The lowest BCUT2D eigenvalue weighted by atomic mass is 9.77. The lowest BCUT2D eigenvalue weighted by molar-refractivity contribution is 0.170. The number of sulfone groups is 1. The number of nitrogens with zero attached hydrogens (tertiary/aromatic N) is 1. The Labute approximate surface area is 86.4 Å². The third-order valence-corrected chi connectivity index (χ3v) is 3.70. The molecule has 84 valence electrons. The summed E-state index contributed by atoms with van der Waals surface area (Å²) in [6.45, 7) is 1.39. The van der Waals surface area contributed by atoms with E-state index in [4.69, 9.17) is 5.73 Å². The molecule has 0 bridgehead atoms. The summed E-state index contributed by atoms with van der Waals surface area (Å²) in [5, 5.41) is 0. The van der Waals surface area contributed by atoms with Crippen LogP contribution in [0.5, 0.6) is 0 Å². The largest absolute Gasteiger partial charge is 0.324 e. The maximum Gasteiger partial charge on any atom is 0.148 e. The highest BCUT2D eigenvalue weighted by atomic mass is 32.2. The number of rotatable bonds is 5. The predicted molar refractivity (Wildman–Crippen MR) is 58.0 cm³/mol. The Bertz CT molecular complexity index is 283. The van der Waals surface area contributed by atoms with E-state index in [-0.39, 0.29) is 11.3 Å². The van der Waals surface area contributed by atoms with Crippen LogP contribution in [0.3, 0.4) is 0 Å². The first-order valence-corrected chi connectivity index (χ1v) is 7.02. The van der Waals surface area contributed by atoms with E-state index >= 15 is 0 Å². The Hall–Kier alpha value is -0.130. The van der Waals surface area contributed by atoms with E-state index < -0.39 is 9.84 Å². The number of likely N-dealkylation sites (N-methyl/N-ethyl adjacent to an activating group) is 1. The molecule has 0 aromatic carbocycles. The minimum absolute atomic E-state index is 0.0494. The topological polar surface area (TPSA) is 63.4 Å². The molecule has 1 rings (SSSR count). The van der Waals surface area contributed by atoms with Crippen LogP contribution in [0.25, 0.3) is 0 Å². The molecule has 1 saturated carbocycles. The first-order chi connectivity index (χ1) is 6.31. The third-order valence-electron chi connectivity index (χ3n) is 2.78. The van der Waals surface area contributed by atoms with Gasteiger partial charge in [-0.05, 0) is 26.3 Å². The Morgan fingerprint density at radius 2 is 2.00 bits per heavy atom. The van der Waals surface area contributed by atoms with Crippen LogP contribution < -0.4 is 5.73 Å². The van der Waals surface area contributed by atoms with E-state index in [0.717, 1.165) is 19.4 Å². The van der Waals surface area contributed by atoms with Gasteiger partial charge in [-0.3, -0.25) is 0 Å². The van der Waals surface area contributed by atoms with Crippen LogP contribution in [0.15, 0.2) is 0 Å². The number of hydrogen-bond donors (Lipinski definition) is 1. The molecule has 4 nitrogen and oxygen atoms in total. The fourth-order valence-corrected chi connectivity index (χ4v) is 2.37. The van der Waals surface area contributed by atoms with Gasteiger partial charge in [0.1, 0.15) is 9.84 Å². The van der Waals surface area contributed by atoms with Crippen LogP contribution in [0.2, 0.25) is 0 Å². The van der Waals surface area contributed by atoms with E-state index in [1.165, 1.54) is 12.7 Å². The molecule has 1 fully saturated rings. The molecule has 1 aliphatic rings. The van der Waals surface area contributed by atoms with Crippen molar-refractivity contribution in [3.63, 3.8) is 0 Å². The zero-order valence-corrected chi connectivity index (χ0v) is 9.81. The van der Waals surface area contributed by atoms with Crippen molar-refractivity contribution < 1.29 is 8.42 Å². The van der Waals surface area contributed by atoms with Gasteiger partial charge in [0, 0.05) is 24.9 Å². The van der Waals surface area contributed by atoms with Crippen molar-refractivity contribution in [2.75, 3.05) is 32.1 Å². The summed E-state index contributed by atoms with van der Waals surface area (Å²) < 4.78 is 21.9. The van der Waals surface area contributed by atoms with Crippen molar-refractivity contribution in [2.45, 2.75) is 24.8 Å². The molecule has 0 aromatic heterocycles. The van der Waals surface area contributed by atoms with E-state index in [0.29, 0.717) is 6.54 Å². The van der Waals surface area contributed by atoms with Gasteiger partial charge in [-0.25, -0.2) is 8.42 Å². The molecule has 0 radical (unpaired) electrons. The quantitative estimate of drug-likeness (QED) is 0.699. The summed E-state index contributed by atoms with van der Waals surface area (Å²) in [6.07, 6.45) is 4.60. The van der Waals surface area contributed by atoms with Gasteiger partial charge in [-0.2, -0.15) is 0 Å². The Kier molecular flexibility index (Phi) is 3.55. The summed E-state index contributed by atoms with van der Waals surface area (Å²) in [5.74, 6) is 0.222. The van der Waals surface area contributed by atoms with E-state index in [9.17, 15) is 8.42 Å². The molecule has 5 heteroatoms. The van der Waals surface area contributed by atoms with E-state index in [1.54, 1.807) is 0 Å². The summed E-state index contributed by atoms with van der Waals surface area (Å²) in [6, 6.07) is 0. The third kappa shape index (κ3) is 3.94. The van der Waals surface area contributed by atoms with Gasteiger partial charge in [-0.15, -0.1) is 0 Å². The van der Waals surface area contributed by atoms with Crippen LogP contribution in [0, 0.1) is 0 Å². The van der Waals surface area contributed by atoms with Crippen molar-refractivity contribution in [2.24, 2.45) is 5.73 Å². The molecule has 0 amide bonds. The maximum absolute atomic E-state index is 10.9. The van der Waals surface area contributed by atoms with Crippen molar-refractivity contribution >= 4 is 9.84 Å². The van der Waals surface area contributed by atoms with Gasteiger partial charge in [0.05, 0.1) is 5.75 Å². The second kappa shape index (κ2) is 4.16. The van der Waals surface area contributed by atoms with Gasteiger partial charge in [0.25, 0.3) is 0 Å². The molecule has 0 atom stereocenters. The Morgan fingerprint density at radius 3 is 2.36 bits per heavy atom. The first-order valence-electron chi connectivity index (χ1n) is 4.96. The maximum atomic E-state index is 10.9. The zero-order valence-electron chi connectivity index (χ0n) is 8.99. The molecule has 0 unspecified atom stereocenters.